The van der Waals surface area contributed by atoms with E-state index in [1.165, 1.54) is 16.3 Å². The van der Waals surface area contributed by atoms with E-state index in [2.05, 4.69) is 22.1 Å². The van der Waals surface area contributed by atoms with Crippen molar-refractivity contribution in [3.05, 3.63) is 91.5 Å². The molecular weight excluding hydrogens is 440 g/mol. The SMILES string of the molecule is Cn1[nH]c2cc(=O)n(Cc3cccc(CN4CCOCC4)c3)c(-c3cccc(Cl)c3)c2c1=O. The lowest BCUT2D eigenvalue weighted by atomic mass is 10.1. The number of morpholine rings is 1. The fourth-order valence-corrected chi connectivity index (χ4v) is 4.66. The summed E-state index contributed by atoms with van der Waals surface area (Å²) in [6.45, 7) is 4.52. The Morgan fingerprint density at radius 1 is 0.970 bits per heavy atom. The number of nitrogens with zero attached hydrogens (tertiary/aromatic N) is 3. The summed E-state index contributed by atoms with van der Waals surface area (Å²) < 4.78 is 8.50. The van der Waals surface area contributed by atoms with Crippen LogP contribution in [0, 0.1) is 0 Å². The van der Waals surface area contributed by atoms with E-state index in [0.717, 1.165) is 44.0 Å². The molecule has 7 nitrogen and oxygen atoms in total. The van der Waals surface area contributed by atoms with Crippen molar-refractivity contribution in [3.63, 3.8) is 0 Å². The van der Waals surface area contributed by atoms with Crippen molar-refractivity contribution in [2.45, 2.75) is 13.1 Å². The number of aryl methyl sites for hydroxylation is 1. The molecule has 0 bridgehead atoms. The van der Waals surface area contributed by atoms with E-state index >= 15 is 0 Å². The fourth-order valence-electron chi connectivity index (χ4n) is 4.47. The first kappa shape index (κ1) is 21.7. The average Bonchev–Trinajstić information content (AvgIpc) is 3.08. The summed E-state index contributed by atoms with van der Waals surface area (Å²) in [5.41, 5.74) is 3.63. The molecule has 0 saturated carbocycles. The molecule has 170 valence electrons. The molecule has 1 aliphatic heterocycles. The number of benzene rings is 2. The first-order valence-corrected chi connectivity index (χ1v) is 11.3. The van der Waals surface area contributed by atoms with Gasteiger partial charge in [-0.15, -0.1) is 0 Å². The zero-order chi connectivity index (χ0) is 22.9. The minimum atomic E-state index is -0.185. The van der Waals surface area contributed by atoms with E-state index in [0.29, 0.717) is 28.2 Å². The van der Waals surface area contributed by atoms with Crippen LogP contribution in [0.3, 0.4) is 0 Å². The summed E-state index contributed by atoms with van der Waals surface area (Å²) in [6.07, 6.45) is 0. The fraction of sp³-hybridized carbons (Fsp3) is 0.280. The van der Waals surface area contributed by atoms with E-state index in [9.17, 15) is 9.59 Å². The average molecular weight is 465 g/mol. The molecule has 0 unspecified atom stereocenters. The minimum absolute atomic E-state index is 0.182. The smallest absolute Gasteiger partial charge is 0.276 e. The molecule has 5 rings (SSSR count). The lowest BCUT2D eigenvalue weighted by Crippen LogP contribution is -2.35. The van der Waals surface area contributed by atoms with Crippen molar-refractivity contribution in [2.75, 3.05) is 26.3 Å². The van der Waals surface area contributed by atoms with Crippen LogP contribution in [0.15, 0.2) is 64.2 Å². The third-order valence-electron chi connectivity index (χ3n) is 6.06. The molecule has 2 aromatic carbocycles. The molecule has 4 aromatic rings. The van der Waals surface area contributed by atoms with Gasteiger partial charge >= 0.3 is 0 Å². The number of nitrogens with one attached hydrogen (secondary N) is 1. The highest BCUT2D eigenvalue weighted by Crippen LogP contribution is 2.27. The lowest BCUT2D eigenvalue weighted by molar-refractivity contribution is 0.0342. The van der Waals surface area contributed by atoms with Gasteiger partial charge in [0.15, 0.2) is 0 Å². The van der Waals surface area contributed by atoms with Crippen molar-refractivity contribution in [1.29, 1.82) is 0 Å². The molecule has 0 atom stereocenters. The Labute approximate surface area is 195 Å². The molecule has 0 amide bonds. The largest absolute Gasteiger partial charge is 0.379 e. The van der Waals surface area contributed by atoms with Crippen LogP contribution in [0.25, 0.3) is 22.2 Å². The standard InChI is InChI=1S/C25H25ClN4O3/c1-28-25(32)23-21(27-28)14-22(31)30(24(23)19-6-3-7-20(26)13-19)16-18-5-2-4-17(12-18)15-29-8-10-33-11-9-29/h2-7,12-14,27H,8-11,15-16H2,1H3. The number of hydrogen-bond donors (Lipinski definition) is 1. The van der Waals surface area contributed by atoms with E-state index < -0.39 is 0 Å². The van der Waals surface area contributed by atoms with E-state index in [-0.39, 0.29) is 11.1 Å². The third-order valence-corrected chi connectivity index (χ3v) is 6.29. The highest BCUT2D eigenvalue weighted by Gasteiger charge is 2.18. The van der Waals surface area contributed by atoms with Crippen LogP contribution in [0.4, 0.5) is 0 Å². The van der Waals surface area contributed by atoms with Crippen molar-refractivity contribution in [3.8, 4) is 11.3 Å². The first-order valence-electron chi connectivity index (χ1n) is 11.0. The molecule has 33 heavy (non-hydrogen) atoms. The highest BCUT2D eigenvalue weighted by atomic mass is 35.5. The maximum Gasteiger partial charge on any atom is 0.276 e. The normalized spacial score (nSPS) is 14.7. The van der Waals surface area contributed by atoms with Crippen molar-refractivity contribution < 1.29 is 4.74 Å². The number of ether oxygens (including phenoxy) is 1. The molecule has 2 aromatic heterocycles. The monoisotopic (exact) mass is 464 g/mol. The summed E-state index contributed by atoms with van der Waals surface area (Å²) in [5.74, 6) is 0. The molecule has 1 N–H and O–H groups in total. The number of aromatic nitrogens is 3. The van der Waals surface area contributed by atoms with Crippen molar-refractivity contribution >= 4 is 22.5 Å². The van der Waals surface area contributed by atoms with Crippen LogP contribution in [0.5, 0.6) is 0 Å². The van der Waals surface area contributed by atoms with Gasteiger partial charge < -0.3 is 9.30 Å². The predicted octanol–water partition coefficient (Wildman–Crippen LogP) is 3.23. The topological polar surface area (TPSA) is 72.3 Å². The highest BCUT2D eigenvalue weighted by molar-refractivity contribution is 6.30. The van der Waals surface area contributed by atoms with Gasteiger partial charge in [0.25, 0.3) is 11.1 Å². The maximum atomic E-state index is 13.2. The molecule has 1 fully saturated rings. The van der Waals surface area contributed by atoms with Gasteiger partial charge in [-0.1, -0.05) is 48.0 Å². The zero-order valence-electron chi connectivity index (χ0n) is 18.4. The second kappa shape index (κ2) is 9.02. The Bertz CT molecular complexity index is 1430. The van der Waals surface area contributed by atoms with Crippen LogP contribution >= 0.6 is 11.6 Å². The van der Waals surface area contributed by atoms with Crippen LogP contribution < -0.4 is 11.1 Å². The van der Waals surface area contributed by atoms with Crippen LogP contribution in [-0.4, -0.2) is 45.6 Å². The van der Waals surface area contributed by atoms with Gasteiger partial charge in [0, 0.05) is 43.3 Å². The summed E-state index contributed by atoms with van der Waals surface area (Å²) in [5, 5.41) is 4.00. The Balaban J connectivity index is 1.60. The number of hydrogen-bond acceptors (Lipinski definition) is 4. The molecule has 3 heterocycles. The van der Waals surface area contributed by atoms with Gasteiger partial charge in [-0.25, -0.2) is 0 Å². The van der Waals surface area contributed by atoms with Gasteiger partial charge in [0.2, 0.25) is 0 Å². The number of rotatable bonds is 5. The van der Waals surface area contributed by atoms with Gasteiger partial charge in [-0.3, -0.25) is 24.3 Å². The van der Waals surface area contributed by atoms with Gasteiger partial charge in [0.1, 0.15) is 0 Å². The van der Waals surface area contributed by atoms with Gasteiger partial charge in [0.05, 0.1) is 36.4 Å². The van der Waals surface area contributed by atoms with Gasteiger partial charge in [-0.2, -0.15) is 0 Å². The summed E-state index contributed by atoms with van der Waals surface area (Å²) in [7, 11) is 1.65. The molecule has 8 heteroatoms. The first-order chi connectivity index (χ1) is 16.0. The van der Waals surface area contributed by atoms with Crippen molar-refractivity contribution in [1.82, 2.24) is 19.2 Å². The summed E-state index contributed by atoms with van der Waals surface area (Å²) in [4.78, 5) is 28.5. The number of H-pyrrole nitrogens is 1. The Morgan fingerprint density at radius 2 is 1.70 bits per heavy atom. The predicted molar refractivity (Wildman–Crippen MR) is 130 cm³/mol. The van der Waals surface area contributed by atoms with Crippen molar-refractivity contribution in [2.24, 2.45) is 7.05 Å². The molecule has 0 radical (unpaired) electrons. The summed E-state index contributed by atoms with van der Waals surface area (Å²) in [6, 6.07) is 17.0. The van der Waals surface area contributed by atoms with Crippen LogP contribution in [-0.2, 0) is 24.9 Å². The van der Waals surface area contributed by atoms with Crippen LogP contribution in [0.1, 0.15) is 11.1 Å². The Kier molecular flexibility index (Phi) is 5.93. The third kappa shape index (κ3) is 4.39. The van der Waals surface area contributed by atoms with E-state index in [1.807, 2.05) is 24.3 Å². The number of halogens is 1. The second-order valence-electron chi connectivity index (χ2n) is 8.40. The maximum absolute atomic E-state index is 13.2. The van der Waals surface area contributed by atoms with E-state index in [4.69, 9.17) is 16.3 Å². The number of pyridine rings is 1. The zero-order valence-corrected chi connectivity index (χ0v) is 19.1. The number of fused-ring (bicyclic) bond motifs is 1. The number of aromatic amines is 1. The molecular formula is C25H25ClN4O3. The van der Waals surface area contributed by atoms with Crippen LogP contribution in [0.2, 0.25) is 5.02 Å². The second-order valence-corrected chi connectivity index (χ2v) is 8.84. The summed E-state index contributed by atoms with van der Waals surface area (Å²) >= 11 is 6.26. The molecule has 1 aliphatic rings. The Hall–Kier alpha value is -3.13. The minimum Gasteiger partial charge on any atom is -0.379 e. The molecule has 0 aliphatic carbocycles. The van der Waals surface area contributed by atoms with E-state index in [1.54, 1.807) is 23.7 Å². The molecule has 0 spiro atoms. The quantitative estimate of drug-likeness (QED) is 0.492. The molecule has 1 saturated heterocycles. The lowest BCUT2D eigenvalue weighted by Gasteiger charge is -2.26. The van der Waals surface area contributed by atoms with Gasteiger partial charge in [-0.05, 0) is 23.3 Å². The Morgan fingerprint density at radius 3 is 2.45 bits per heavy atom.